The van der Waals surface area contributed by atoms with E-state index in [4.69, 9.17) is 4.74 Å². The zero-order chi connectivity index (χ0) is 15.2. The SMILES string of the molecule is CCNC(=NCCOCC)N1CCS(=O)(=O)C(C)(C)C1. The molecule has 0 aromatic heterocycles. The van der Waals surface area contributed by atoms with Crippen LogP contribution in [-0.4, -0.2) is 69.2 Å². The molecule has 0 aromatic carbocycles. The normalized spacial score (nSPS) is 21.8. The minimum atomic E-state index is -3.02. The highest BCUT2D eigenvalue weighted by Crippen LogP contribution is 2.23. The van der Waals surface area contributed by atoms with Gasteiger partial charge in [-0.2, -0.15) is 0 Å². The molecule has 1 heterocycles. The van der Waals surface area contributed by atoms with Crippen LogP contribution in [0.3, 0.4) is 0 Å². The Morgan fingerprint density at radius 1 is 1.40 bits per heavy atom. The predicted octanol–water partition coefficient (Wildman–Crippen LogP) is 0.497. The summed E-state index contributed by atoms with van der Waals surface area (Å²) in [6, 6.07) is 0. The summed E-state index contributed by atoms with van der Waals surface area (Å²) >= 11 is 0. The van der Waals surface area contributed by atoms with Crippen LogP contribution in [0.5, 0.6) is 0 Å². The number of rotatable bonds is 5. The molecule has 0 atom stereocenters. The Morgan fingerprint density at radius 2 is 2.10 bits per heavy atom. The van der Waals surface area contributed by atoms with Gasteiger partial charge in [0.05, 0.1) is 23.7 Å². The van der Waals surface area contributed by atoms with Crippen LogP contribution in [0.15, 0.2) is 4.99 Å². The number of nitrogens with one attached hydrogen (secondary N) is 1. The van der Waals surface area contributed by atoms with Crippen LogP contribution in [0, 0.1) is 0 Å². The van der Waals surface area contributed by atoms with Crippen molar-refractivity contribution in [1.82, 2.24) is 10.2 Å². The molecule has 1 N–H and O–H groups in total. The minimum Gasteiger partial charge on any atom is -0.380 e. The highest BCUT2D eigenvalue weighted by atomic mass is 32.2. The van der Waals surface area contributed by atoms with Crippen LogP contribution in [0.1, 0.15) is 27.7 Å². The molecule has 1 aliphatic rings. The maximum absolute atomic E-state index is 12.0. The van der Waals surface area contributed by atoms with Crippen LogP contribution in [0.25, 0.3) is 0 Å². The van der Waals surface area contributed by atoms with Gasteiger partial charge in [-0.15, -0.1) is 0 Å². The number of ether oxygens (including phenoxy) is 1. The van der Waals surface area contributed by atoms with E-state index in [0.29, 0.717) is 32.8 Å². The van der Waals surface area contributed by atoms with E-state index < -0.39 is 14.6 Å². The topological polar surface area (TPSA) is 71.0 Å². The van der Waals surface area contributed by atoms with Crippen molar-refractivity contribution in [2.45, 2.75) is 32.4 Å². The van der Waals surface area contributed by atoms with Gasteiger partial charge in [-0.3, -0.25) is 4.99 Å². The second kappa shape index (κ2) is 7.26. The molecule has 0 bridgehead atoms. The molecular weight excluding hydrogens is 278 g/mol. The highest BCUT2D eigenvalue weighted by molar-refractivity contribution is 7.92. The molecular formula is C13H27N3O3S. The second-order valence-corrected chi connectivity index (χ2v) is 8.18. The molecule has 0 unspecified atom stereocenters. The number of nitrogens with zero attached hydrogens (tertiary/aromatic N) is 2. The minimum absolute atomic E-state index is 0.176. The third kappa shape index (κ3) is 4.34. The van der Waals surface area contributed by atoms with Crippen LogP contribution in [0.2, 0.25) is 0 Å². The van der Waals surface area contributed by atoms with Crippen molar-refractivity contribution in [3.8, 4) is 0 Å². The van der Waals surface area contributed by atoms with Crippen molar-refractivity contribution >= 4 is 15.8 Å². The van der Waals surface area contributed by atoms with Crippen molar-refractivity contribution in [2.75, 3.05) is 45.1 Å². The van der Waals surface area contributed by atoms with Gasteiger partial charge in [0.15, 0.2) is 15.8 Å². The van der Waals surface area contributed by atoms with Crippen molar-refractivity contribution < 1.29 is 13.2 Å². The molecule has 1 aliphatic heterocycles. The summed E-state index contributed by atoms with van der Waals surface area (Å²) in [5.74, 6) is 0.950. The smallest absolute Gasteiger partial charge is 0.194 e. The molecule has 1 rings (SSSR count). The first kappa shape index (κ1) is 17.2. The Balaban J connectivity index is 2.73. The summed E-state index contributed by atoms with van der Waals surface area (Å²) in [6.07, 6.45) is 0. The largest absolute Gasteiger partial charge is 0.380 e. The van der Waals surface area contributed by atoms with Gasteiger partial charge in [0.1, 0.15) is 0 Å². The van der Waals surface area contributed by atoms with E-state index in [1.54, 1.807) is 13.8 Å². The van der Waals surface area contributed by atoms with Gasteiger partial charge in [-0.25, -0.2) is 8.42 Å². The fourth-order valence-corrected chi connectivity index (χ4v) is 3.48. The molecule has 0 spiro atoms. The maximum Gasteiger partial charge on any atom is 0.194 e. The lowest BCUT2D eigenvalue weighted by atomic mass is 10.2. The molecule has 0 radical (unpaired) electrons. The Hall–Kier alpha value is -0.820. The van der Waals surface area contributed by atoms with E-state index in [9.17, 15) is 8.42 Å². The Labute approximate surface area is 122 Å². The molecule has 1 fully saturated rings. The fraction of sp³-hybridized carbons (Fsp3) is 0.923. The standard InChI is InChI=1S/C13H27N3O3S/c1-5-14-12(15-7-9-19-6-2)16-8-10-20(17,18)13(3,4)11-16/h5-11H2,1-4H3,(H,14,15). The zero-order valence-electron chi connectivity index (χ0n) is 13.0. The number of aliphatic imine (C=N–C) groups is 1. The molecule has 0 aromatic rings. The van der Waals surface area contributed by atoms with Crippen molar-refractivity contribution in [3.63, 3.8) is 0 Å². The Kier molecular flexibility index (Phi) is 6.26. The molecule has 20 heavy (non-hydrogen) atoms. The van der Waals surface area contributed by atoms with Crippen molar-refractivity contribution in [2.24, 2.45) is 4.99 Å². The third-order valence-corrected chi connectivity index (χ3v) is 5.91. The van der Waals surface area contributed by atoms with Crippen LogP contribution >= 0.6 is 0 Å². The number of hydrogen-bond acceptors (Lipinski definition) is 4. The molecule has 7 heteroatoms. The van der Waals surface area contributed by atoms with E-state index in [2.05, 4.69) is 10.3 Å². The Morgan fingerprint density at radius 3 is 2.65 bits per heavy atom. The van der Waals surface area contributed by atoms with E-state index in [1.807, 2.05) is 18.7 Å². The van der Waals surface area contributed by atoms with Crippen LogP contribution < -0.4 is 5.32 Å². The van der Waals surface area contributed by atoms with Gasteiger partial charge in [0.2, 0.25) is 0 Å². The number of guanidine groups is 1. The van der Waals surface area contributed by atoms with Gasteiger partial charge < -0.3 is 15.0 Å². The summed E-state index contributed by atoms with van der Waals surface area (Å²) in [6.45, 7) is 11.1. The first-order valence-electron chi connectivity index (χ1n) is 7.17. The average Bonchev–Trinajstić information content (AvgIpc) is 2.37. The van der Waals surface area contributed by atoms with Gasteiger partial charge in [0.25, 0.3) is 0 Å². The van der Waals surface area contributed by atoms with Gasteiger partial charge in [-0.05, 0) is 27.7 Å². The lowest BCUT2D eigenvalue weighted by molar-refractivity contribution is 0.155. The lowest BCUT2D eigenvalue weighted by Gasteiger charge is -2.39. The fourth-order valence-electron chi connectivity index (χ4n) is 2.11. The summed E-state index contributed by atoms with van der Waals surface area (Å²) in [5.41, 5.74) is 0. The number of sulfone groups is 1. The average molecular weight is 305 g/mol. The quantitative estimate of drug-likeness (QED) is 0.455. The van der Waals surface area contributed by atoms with Gasteiger partial charge in [-0.1, -0.05) is 0 Å². The monoisotopic (exact) mass is 305 g/mol. The van der Waals surface area contributed by atoms with E-state index in [0.717, 1.165) is 12.5 Å². The summed E-state index contributed by atoms with van der Waals surface area (Å²) in [4.78, 5) is 6.52. The molecule has 0 aliphatic carbocycles. The third-order valence-electron chi connectivity index (χ3n) is 3.38. The lowest BCUT2D eigenvalue weighted by Crippen LogP contribution is -2.57. The maximum atomic E-state index is 12.0. The first-order chi connectivity index (χ1) is 9.34. The molecule has 0 amide bonds. The molecule has 1 saturated heterocycles. The van der Waals surface area contributed by atoms with Crippen molar-refractivity contribution in [3.05, 3.63) is 0 Å². The van der Waals surface area contributed by atoms with Crippen LogP contribution in [-0.2, 0) is 14.6 Å². The van der Waals surface area contributed by atoms with Gasteiger partial charge in [0, 0.05) is 26.2 Å². The van der Waals surface area contributed by atoms with Gasteiger partial charge >= 0.3 is 0 Å². The number of hydrogen-bond donors (Lipinski definition) is 1. The summed E-state index contributed by atoms with van der Waals surface area (Å²) in [7, 11) is -3.02. The van der Waals surface area contributed by atoms with E-state index >= 15 is 0 Å². The highest BCUT2D eigenvalue weighted by Gasteiger charge is 2.40. The second-order valence-electron chi connectivity index (χ2n) is 5.43. The summed E-state index contributed by atoms with van der Waals surface area (Å²) < 4.78 is 28.6. The Bertz CT molecular complexity index is 432. The van der Waals surface area contributed by atoms with E-state index in [-0.39, 0.29) is 5.75 Å². The first-order valence-corrected chi connectivity index (χ1v) is 8.82. The van der Waals surface area contributed by atoms with E-state index in [1.165, 1.54) is 0 Å². The molecule has 6 nitrogen and oxygen atoms in total. The predicted molar refractivity (Wildman–Crippen MR) is 81.9 cm³/mol. The molecule has 0 saturated carbocycles. The van der Waals surface area contributed by atoms with Crippen LogP contribution in [0.4, 0.5) is 0 Å². The van der Waals surface area contributed by atoms with Crippen molar-refractivity contribution in [1.29, 1.82) is 0 Å². The zero-order valence-corrected chi connectivity index (χ0v) is 13.8. The summed E-state index contributed by atoms with van der Waals surface area (Å²) in [5, 5.41) is 3.22. The molecule has 118 valence electrons.